The van der Waals surface area contributed by atoms with Crippen LogP contribution in [0.2, 0.25) is 0 Å². The Morgan fingerprint density at radius 2 is 2.15 bits per heavy atom. The number of halogens is 1. The number of nitrogens with one attached hydrogen (secondary N) is 1. The molecule has 6 heteroatoms. The van der Waals surface area contributed by atoms with Crippen LogP contribution in [0.1, 0.15) is 18.9 Å². The molecule has 0 aliphatic heterocycles. The minimum absolute atomic E-state index is 0.0448. The molecule has 1 aromatic carbocycles. The first-order valence-electron chi connectivity index (χ1n) is 6.23. The summed E-state index contributed by atoms with van der Waals surface area (Å²) in [5.74, 6) is -0.404. The summed E-state index contributed by atoms with van der Waals surface area (Å²) in [5, 5.41) is 11.4. The Hall–Kier alpha value is -1.56. The van der Waals surface area contributed by atoms with E-state index in [9.17, 15) is 9.59 Å². The van der Waals surface area contributed by atoms with Gasteiger partial charge in [-0.25, -0.2) is 0 Å². The van der Waals surface area contributed by atoms with Crippen LogP contribution in [-0.4, -0.2) is 30.6 Å². The number of ether oxygens (including phenoxy) is 1. The maximum atomic E-state index is 11.8. The number of hydrogen-bond donors (Lipinski definition) is 2. The van der Waals surface area contributed by atoms with Gasteiger partial charge in [0.2, 0.25) is 5.91 Å². The molecule has 0 aliphatic carbocycles. The van der Waals surface area contributed by atoms with Crippen molar-refractivity contribution in [3.63, 3.8) is 0 Å². The highest BCUT2D eigenvalue weighted by atomic mass is 79.9. The van der Waals surface area contributed by atoms with E-state index < -0.39 is 5.97 Å². The van der Waals surface area contributed by atoms with Crippen LogP contribution in [0.25, 0.3) is 0 Å². The van der Waals surface area contributed by atoms with Gasteiger partial charge in [0.05, 0.1) is 13.5 Å². The molecule has 0 saturated carbocycles. The summed E-state index contributed by atoms with van der Waals surface area (Å²) in [6.45, 7) is 2.14. The van der Waals surface area contributed by atoms with Crippen LogP contribution < -0.4 is 10.1 Å². The molecule has 0 aliphatic rings. The van der Waals surface area contributed by atoms with Crippen LogP contribution >= 0.6 is 15.9 Å². The molecule has 2 N–H and O–H groups in total. The van der Waals surface area contributed by atoms with Crippen LogP contribution in [0, 0.1) is 5.92 Å². The molecule has 1 atom stereocenters. The molecule has 0 spiro atoms. The van der Waals surface area contributed by atoms with Crippen LogP contribution in [-0.2, 0) is 16.0 Å². The van der Waals surface area contributed by atoms with Gasteiger partial charge in [0.1, 0.15) is 5.75 Å². The topological polar surface area (TPSA) is 75.6 Å². The van der Waals surface area contributed by atoms with Crippen molar-refractivity contribution in [2.24, 2.45) is 5.92 Å². The first kappa shape index (κ1) is 16.5. The lowest BCUT2D eigenvalue weighted by Crippen LogP contribution is -2.30. The molecule has 0 aromatic heterocycles. The maximum Gasteiger partial charge on any atom is 0.303 e. The first-order chi connectivity index (χ1) is 9.42. The zero-order valence-electron chi connectivity index (χ0n) is 11.5. The number of methoxy groups -OCH3 is 1. The molecule has 0 heterocycles. The molecule has 20 heavy (non-hydrogen) atoms. The fourth-order valence-electron chi connectivity index (χ4n) is 1.71. The molecule has 1 aromatic rings. The number of benzene rings is 1. The van der Waals surface area contributed by atoms with E-state index in [4.69, 9.17) is 9.84 Å². The number of amides is 1. The summed E-state index contributed by atoms with van der Waals surface area (Å²) in [4.78, 5) is 22.4. The lowest BCUT2D eigenvalue weighted by Gasteiger charge is -2.11. The third kappa shape index (κ3) is 5.61. The largest absolute Gasteiger partial charge is 0.497 e. The molecule has 1 unspecified atom stereocenters. The number of carbonyl (C=O) groups is 2. The van der Waals surface area contributed by atoms with Crippen LogP contribution in [0.5, 0.6) is 5.75 Å². The summed E-state index contributed by atoms with van der Waals surface area (Å²) in [5.41, 5.74) is 0.827. The Morgan fingerprint density at radius 1 is 1.45 bits per heavy atom. The fourth-order valence-corrected chi connectivity index (χ4v) is 2.09. The average Bonchev–Trinajstić information content (AvgIpc) is 2.38. The van der Waals surface area contributed by atoms with Crippen molar-refractivity contribution in [3.05, 3.63) is 28.2 Å². The van der Waals surface area contributed by atoms with Gasteiger partial charge in [-0.2, -0.15) is 0 Å². The quantitative estimate of drug-likeness (QED) is 0.795. The van der Waals surface area contributed by atoms with Crippen molar-refractivity contribution in [2.45, 2.75) is 19.8 Å². The molecular formula is C14H18BrNO4. The molecule has 0 fully saturated rings. The number of rotatable bonds is 7. The second-order valence-electron chi connectivity index (χ2n) is 4.64. The standard InChI is InChI=1S/C14H18BrNO4/c1-9(5-14(18)19)8-16-13(17)7-10-6-11(20-2)3-4-12(10)15/h3-4,6,9H,5,7-8H2,1-2H3,(H,16,17)(H,18,19). The molecular weight excluding hydrogens is 326 g/mol. The van der Waals surface area contributed by atoms with Crippen LogP contribution in [0.4, 0.5) is 0 Å². The van der Waals surface area contributed by atoms with Crippen LogP contribution in [0.15, 0.2) is 22.7 Å². The second kappa shape index (κ2) is 7.89. The molecule has 1 amide bonds. The van der Waals surface area contributed by atoms with E-state index in [2.05, 4.69) is 21.2 Å². The Bertz CT molecular complexity index is 490. The van der Waals surface area contributed by atoms with E-state index in [0.717, 1.165) is 10.0 Å². The minimum atomic E-state index is -0.859. The predicted octanol–water partition coefficient (Wildman–Crippen LogP) is 2.23. The van der Waals surface area contributed by atoms with Gasteiger partial charge in [-0.05, 0) is 29.7 Å². The lowest BCUT2D eigenvalue weighted by atomic mass is 10.1. The Kier molecular flexibility index (Phi) is 6.51. The van der Waals surface area contributed by atoms with Crippen molar-refractivity contribution in [3.8, 4) is 5.75 Å². The monoisotopic (exact) mass is 343 g/mol. The summed E-state index contributed by atoms with van der Waals surface area (Å²) < 4.78 is 5.96. The third-order valence-corrected chi connectivity index (χ3v) is 3.55. The zero-order chi connectivity index (χ0) is 15.1. The molecule has 5 nitrogen and oxygen atoms in total. The van der Waals surface area contributed by atoms with Crippen molar-refractivity contribution in [1.29, 1.82) is 0 Å². The molecule has 1 rings (SSSR count). The van der Waals surface area contributed by atoms with E-state index in [1.54, 1.807) is 26.2 Å². The van der Waals surface area contributed by atoms with Crippen molar-refractivity contribution in [1.82, 2.24) is 5.32 Å². The summed E-state index contributed by atoms with van der Waals surface area (Å²) in [6, 6.07) is 5.43. The lowest BCUT2D eigenvalue weighted by molar-refractivity contribution is -0.138. The number of hydrogen-bond acceptors (Lipinski definition) is 3. The van der Waals surface area contributed by atoms with Gasteiger partial charge in [-0.15, -0.1) is 0 Å². The normalized spacial score (nSPS) is 11.8. The highest BCUT2D eigenvalue weighted by molar-refractivity contribution is 9.10. The molecule has 0 bridgehead atoms. The SMILES string of the molecule is COc1ccc(Br)c(CC(=O)NCC(C)CC(=O)O)c1. The van der Waals surface area contributed by atoms with E-state index in [0.29, 0.717) is 12.3 Å². The maximum absolute atomic E-state index is 11.8. The summed E-state index contributed by atoms with van der Waals surface area (Å²) in [7, 11) is 1.57. The molecule has 110 valence electrons. The Morgan fingerprint density at radius 3 is 2.75 bits per heavy atom. The van der Waals surface area contributed by atoms with Gasteiger partial charge in [0, 0.05) is 17.4 Å². The van der Waals surface area contributed by atoms with Gasteiger partial charge in [0.25, 0.3) is 0 Å². The fraction of sp³-hybridized carbons (Fsp3) is 0.429. The zero-order valence-corrected chi connectivity index (χ0v) is 13.1. The smallest absolute Gasteiger partial charge is 0.303 e. The van der Waals surface area contributed by atoms with E-state index >= 15 is 0 Å². The first-order valence-corrected chi connectivity index (χ1v) is 7.02. The number of carboxylic acids is 1. The van der Waals surface area contributed by atoms with Gasteiger partial charge < -0.3 is 15.2 Å². The second-order valence-corrected chi connectivity index (χ2v) is 5.50. The summed E-state index contributed by atoms with van der Waals surface area (Å²) >= 11 is 3.39. The Balaban J connectivity index is 2.52. The van der Waals surface area contributed by atoms with E-state index in [1.807, 2.05) is 6.07 Å². The summed E-state index contributed by atoms with van der Waals surface area (Å²) in [6.07, 6.45) is 0.265. The molecule has 0 radical (unpaired) electrons. The molecule has 0 saturated heterocycles. The van der Waals surface area contributed by atoms with Gasteiger partial charge >= 0.3 is 5.97 Å². The van der Waals surface area contributed by atoms with Crippen molar-refractivity contribution in [2.75, 3.05) is 13.7 Å². The highest BCUT2D eigenvalue weighted by Crippen LogP contribution is 2.22. The Labute approximate surface area is 126 Å². The van der Waals surface area contributed by atoms with Crippen LogP contribution in [0.3, 0.4) is 0 Å². The van der Waals surface area contributed by atoms with E-state index in [1.165, 1.54) is 0 Å². The van der Waals surface area contributed by atoms with Gasteiger partial charge in [-0.1, -0.05) is 22.9 Å². The number of carbonyl (C=O) groups excluding carboxylic acids is 1. The van der Waals surface area contributed by atoms with E-state index in [-0.39, 0.29) is 24.7 Å². The van der Waals surface area contributed by atoms with Crippen molar-refractivity contribution >= 4 is 27.8 Å². The van der Waals surface area contributed by atoms with Gasteiger partial charge in [-0.3, -0.25) is 9.59 Å². The number of aliphatic carboxylic acids is 1. The van der Waals surface area contributed by atoms with Crippen molar-refractivity contribution < 1.29 is 19.4 Å². The van der Waals surface area contributed by atoms with Gasteiger partial charge in [0.15, 0.2) is 0 Å². The predicted molar refractivity (Wildman–Crippen MR) is 78.8 cm³/mol. The average molecular weight is 344 g/mol. The highest BCUT2D eigenvalue weighted by Gasteiger charge is 2.11. The third-order valence-electron chi connectivity index (χ3n) is 2.77. The number of carboxylic acid groups (broad SMARTS) is 1. The minimum Gasteiger partial charge on any atom is -0.497 e.